The molecule has 10 nitrogen and oxygen atoms in total. The van der Waals surface area contributed by atoms with Gasteiger partial charge in [0.2, 0.25) is 0 Å². The van der Waals surface area contributed by atoms with Gasteiger partial charge in [0.1, 0.15) is 18.4 Å². The molecule has 31 heavy (non-hydrogen) atoms. The van der Waals surface area contributed by atoms with E-state index in [1.54, 1.807) is 12.1 Å². The van der Waals surface area contributed by atoms with Gasteiger partial charge in [0.15, 0.2) is 5.78 Å². The lowest BCUT2D eigenvalue weighted by Crippen LogP contribution is -2.26. The molecule has 0 saturated carbocycles. The summed E-state index contributed by atoms with van der Waals surface area (Å²) >= 11 is 0. The number of nitriles is 1. The minimum atomic E-state index is -0.580. The van der Waals surface area contributed by atoms with E-state index in [-0.39, 0.29) is 35.7 Å². The molecule has 0 aliphatic heterocycles. The summed E-state index contributed by atoms with van der Waals surface area (Å²) in [5.41, 5.74) is 1.50. The Labute approximate surface area is 178 Å². The van der Waals surface area contributed by atoms with Crippen LogP contribution >= 0.6 is 0 Å². The highest BCUT2D eigenvalue weighted by atomic mass is 16.6. The number of Topliss-reactive ketones (excluding diaryl/α,β-unsaturated/α-hetero) is 1. The Morgan fingerprint density at radius 1 is 1.19 bits per heavy atom. The maximum Gasteiger partial charge on any atom is 0.308 e. The summed E-state index contributed by atoms with van der Waals surface area (Å²) in [6, 6.07) is 12.8. The molecule has 2 aromatic rings. The van der Waals surface area contributed by atoms with Gasteiger partial charge in [-0.25, -0.2) is 0 Å². The van der Waals surface area contributed by atoms with Gasteiger partial charge in [0, 0.05) is 30.9 Å². The number of ether oxygens (including phenoxy) is 1. The van der Waals surface area contributed by atoms with E-state index in [0.29, 0.717) is 18.8 Å². The lowest BCUT2D eigenvalue weighted by molar-refractivity contribution is -0.384. The molecule has 0 radical (unpaired) electrons. The van der Waals surface area contributed by atoms with E-state index in [2.05, 4.69) is 10.2 Å². The number of nitro groups is 1. The number of benzene rings is 2. The third kappa shape index (κ3) is 7.01. The standard InChI is InChI=1S/C21H21N5O5/c1-3-25(11-10-21(28)31-14-15(2)27)18-6-4-17(5-7-18)23-24-20-9-8-19(26(29)30)12-16(20)13-22/h4-9,12H,3,10-11,14H2,1-2H3. The van der Waals surface area contributed by atoms with Crippen LogP contribution in [-0.2, 0) is 14.3 Å². The van der Waals surface area contributed by atoms with Crippen LogP contribution in [0.4, 0.5) is 22.7 Å². The molecule has 0 spiro atoms. The Morgan fingerprint density at radius 3 is 2.48 bits per heavy atom. The van der Waals surface area contributed by atoms with Crippen molar-refractivity contribution in [2.45, 2.75) is 20.3 Å². The van der Waals surface area contributed by atoms with E-state index in [9.17, 15) is 19.7 Å². The highest BCUT2D eigenvalue weighted by Gasteiger charge is 2.11. The van der Waals surface area contributed by atoms with Gasteiger partial charge >= 0.3 is 5.97 Å². The number of carbonyl (C=O) groups excluding carboxylic acids is 2. The minimum Gasteiger partial charge on any atom is -0.458 e. The van der Waals surface area contributed by atoms with Crippen LogP contribution in [0.25, 0.3) is 0 Å². The number of hydrogen-bond acceptors (Lipinski definition) is 9. The number of hydrogen-bond donors (Lipinski definition) is 0. The summed E-state index contributed by atoms with van der Waals surface area (Å²) < 4.78 is 4.86. The molecule has 0 saturated heterocycles. The van der Waals surface area contributed by atoms with Crippen LogP contribution < -0.4 is 4.90 Å². The summed E-state index contributed by atoms with van der Waals surface area (Å²) in [6.07, 6.45) is 0.152. The summed E-state index contributed by atoms with van der Waals surface area (Å²) in [5.74, 6) is -0.642. The number of nitro benzene ring substituents is 1. The molecule has 0 heterocycles. The smallest absolute Gasteiger partial charge is 0.308 e. The number of rotatable bonds is 10. The van der Waals surface area contributed by atoms with Gasteiger partial charge < -0.3 is 9.64 Å². The average molecular weight is 423 g/mol. The Kier molecular flexibility index (Phi) is 8.33. The van der Waals surface area contributed by atoms with Gasteiger partial charge in [0.25, 0.3) is 5.69 Å². The third-order valence-corrected chi connectivity index (χ3v) is 4.20. The van der Waals surface area contributed by atoms with Crippen LogP contribution in [0.3, 0.4) is 0 Å². The first-order valence-electron chi connectivity index (χ1n) is 9.44. The molecule has 0 N–H and O–H groups in total. The Morgan fingerprint density at radius 2 is 1.90 bits per heavy atom. The first kappa shape index (κ1) is 23.2. The van der Waals surface area contributed by atoms with Gasteiger partial charge in [-0.2, -0.15) is 10.4 Å². The van der Waals surface area contributed by atoms with Crippen LogP contribution in [0.2, 0.25) is 0 Å². The Bertz CT molecular complexity index is 1030. The van der Waals surface area contributed by atoms with Gasteiger partial charge in [-0.3, -0.25) is 19.7 Å². The number of nitrogens with zero attached hydrogens (tertiary/aromatic N) is 5. The van der Waals surface area contributed by atoms with E-state index in [4.69, 9.17) is 10.00 Å². The molecule has 0 fully saturated rings. The number of ketones is 1. The summed E-state index contributed by atoms with van der Waals surface area (Å²) in [7, 11) is 0. The number of esters is 1. The average Bonchev–Trinajstić information content (AvgIpc) is 2.77. The van der Waals surface area contributed by atoms with Crippen molar-refractivity contribution in [2.75, 3.05) is 24.6 Å². The zero-order valence-electron chi connectivity index (χ0n) is 17.1. The van der Waals surface area contributed by atoms with Crippen molar-refractivity contribution < 1.29 is 19.2 Å². The number of azo groups is 1. The van der Waals surface area contributed by atoms with E-state index in [1.807, 2.05) is 30.0 Å². The van der Waals surface area contributed by atoms with Crippen LogP contribution in [-0.4, -0.2) is 36.4 Å². The summed E-state index contributed by atoms with van der Waals surface area (Å²) in [4.78, 5) is 34.8. The van der Waals surface area contributed by atoms with Crippen LogP contribution in [0.5, 0.6) is 0 Å². The zero-order chi connectivity index (χ0) is 22.8. The van der Waals surface area contributed by atoms with Crippen molar-refractivity contribution in [3.05, 3.63) is 58.1 Å². The fourth-order valence-electron chi connectivity index (χ4n) is 2.61. The first-order chi connectivity index (χ1) is 14.8. The quantitative estimate of drug-likeness (QED) is 0.241. The first-order valence-corrected chi connectivity index (χ1v) is 9.44. The molecule has 2 aromatic carbocycles. The van der Waals surface area contributed by atoms with Gasteiger partial charge in [-0.15, -0.1) is 5.11 Å². The molecule has 160 valence electrons. The van der Waals surface area contributed by atoms with E-state index in [0.717, 1.165) is 11.8 Å². The van der Waals surface area contributed by atoms with Gasteiger partial charge in [-0.05, 0) is 44.2 Å². The van der Waals surface area contributed by atoms with Crippen molar-refractivity contribution in [2.24, 2.45) is 10.2 Å². The summed E-state index contributed by atoms with van der Waals surface area (Å²) in [6.45, 7) is 4.18. The lowest BCUT2D eigenvalue weighted by Gasteiger charge is -2.22. The molecule has 10 heteroatoms. The monoisotopic (exact) mass is 423 g/mol. The Balaban J connectivity index is 2.04. The van der Waals surface area contributed by atoms with Crippen LogP contribution in [0.15, 0.2) is 52.7 Å². The fraction of sp³-hybridized carbons (Fsp3) is 0.286. The van der Waals surface area contributed by atoms with Crippen molar-refractivity contribution in [3.8, 4) is 6.07 Å². The molecule has 0 aliphatic rings. The van der Waals surface area contributed by atoms with Crippen molar-refractivity contribution >= 4 is 34.5 Å². The van der Waals surface area contributed by atoms with E-state index < -0.39 is 10.9 Å². The van der Waals surface area contributed by atoms with Crippen molar-refractivity contribution in [1.29, 1.82) is 5.26 Å². The molecule has 0 atom stereocenters. The minimum absolute atomic E-state index is 0.0587. The normalized spacial score (nSPS) is 10.5. The Hall–Kier alpha value is -4.13. The zero-order valence-corrected chi connectivity index (χ0v) is 17.1. The molecular formula is C21H21N5O5. The highest BCUT2D eigenvalue weighted by Crippen LogP contribution is 2.27. The highest BCUT2D eigenvalue weighted by molar-refractivity contribution is 5.80. The van der Waals surface area contributed by atoms with Crippen molar-refractivity contribution in [3.63, 3.8) is 0 Å². The topological polar surface area (TPSA) is 138 Å². The largest absolute Gasteiger partial charge is 0.458 e. The third-order valence-electron chi connectivity index (χ3n) is 4.20. The SMILES string of the molecule is CCN(CCC(=O)OCC(C)=O)c1ccc(N=Nc2ccc([N+](=O)[O-])cc2C#N)cc1. The van der Waals surface area contributed by atoms with E-state index in [1.165, 1.54) is 19.1 Å². The fourth-order valence-corrected chi connectivity index (χ4v) is 2.61. The molecule has 0 amide bonds. The second kappa shape index (κ2) is 11.2. The second-order valence-electron chi connectivity index (χ2n) is 6.48. The summed E-state index contributed by atoms with van der Waals surface area (Å²) in [5, 5.41) is 28.1. The van der Waals surface area contributed by atoms with Gasteiger partial charge in [-0.1, -0.05) is 0 Å². The molecular weight excluding hydrogens is 402 g/mol. The number of carbonyl (C=O) groups is 2. The molecule has 0 aromatic heterocycles. The van der Waals surface area contributed by atoms with Gasteiger partial charge in [0.05, 0.1) is 22.6 Å². The molecule has 2 rings (SSSR count). The molecule has 0 aliphatic carbocycles. The number of anilines is 1. The second-order valence-corrected chi connectivity index (χ2v) is 6.48. The van der Waals surface area contributed by atoms with Crippen LogP contribution in [0, 0.1) is 21.4 Å². The maximum absolute atomic E-state index is 11.7. The predicted molar refractivity (Wildman–Crippen MR) is 113 cm³/mol. The lowest BCUT2D eigenvalue weighted by atomic mass is 10.2. The molecule has 0 bridgehead atoms. The number of non-ortho nitro benzene ring substituents is 1. The van der Waals surface area contributed by atoms with Crippen LogP contribution in [0.1, 0.15) is 25.8 Å². The molecule has 0 unspecified atom stereocenters. The van der Waals surface area contributed by atoms with Crippen molar-refractivity contribution in [1.82, 2.24) is 0 Å². The van der Waals surface area contributed by atoms with E-state index >= 15 is 0 Å². The predicted octanol–water partition coefficient (Wildman–Crippen LogP) is 4.23. The maximum atomic E-state index is 11.7.